The van der Waals surface area contributed by atoms with Crippen molar-refractivity contribution in [3.8, 4) is 0 Å². The van der Waals surface area contributed by atoms with Gasteiger partial charge in [-0.3, -0.25) is 0 Å². The molecule has 0 aromatic carbocycles. The minimum Gasteiger partial charge on any atom is -0.463 e. The smallest absolute Gasteiger partial charge is 0.157 e. The summed E-state index contributed by atoms with van der Waals surface area (Å²) in [6, 6.07) is 7.85. The molecule has 0 aliphatic rings. The normalized spacial score (nSPS) is 10.8. The maximum absolute atomic E-state index is 5.24. The summed E-state index contributed by atoms with van der Waals surface area (Å²) < 4.78 is 10.5. The maximum atomic E-state index is 5.24. The zero-order valence-corrected chi connectivity index (χ0v) is 9.26. The van der Waals surface area contributed by atoms with Crippen molar-refractivity contribution in [2.45, 2.75) is 13.1 Å². The van der Waals surface area contributed by atoms with Crippen molar-refractivity contribution in [3.05, 3.63) is 48.3 Å². The predicted octanol–water partition coefficient (Wildman–Crippen LogP) is -0.300. The van der Waals surface area contributed by atoms with Crippen LogP contribution < -0.4 is 10.6 Å². The Labute approximate surface area is 94.6 Å². The van der Waals surface area contributed by atoms with Gasteiger partial charge in [0.25, 0.3) is 0 Å². The zero-order valence-electron chi connectivity index (χ0n) is 9.26. The molecule has 16 heavy (non-hydrogen) atoms. The van der Waals surface area contributed by atoms with Crippen LogP contribution in [0.2, 0.25) is 0 Å². The third kappa shape index (κ3) is 3.56. The number of hydrogen-bond donors (Lipinski definition) is 2. The molecular formula is C12H18N2O2+2. The quantitative estimate of drug-likeness (QED) is 0.632. The van der Waals surface area contributed by atoms with E-state index in [0.717, 1.165) is 37.7 Å². The standard InChI is InChI=1S/C12H16N2O2/c1-3-11(15-7-1)9-13-5-6-14-10-12-4-2-8-16-12/h1-4,7-8,13-14H,5-6,9-10H2/p+2. The summed E-state index contributed by atoms with van der Waals surface area (Å²) in [4.78, 5) is 0. The number of furan rings is 2. The first kappa shape index (κ1) is 11.0. The van der Waals surface area contributed by atoms with Crippen LogP contribution in [0.3, 0.4) is 0 Å². The molecule has 4 heteroatoms. The molecule has 0 amide bonds. The van der Waals surface area contributed by atoms with Crippen LogP contribution in [-0.4, -0.2) is 13.1 Å². The van der Waals surface area contributed by atoms with Crippen molar-refractivity contribution in [1.82, 2.24) is 0 Å². The average molecular weight is 222 g/mol. The lowest BCUT2D eigenvalue weighted by atomic mass is 10.4. The van der Waals surface area contributed by atoms with Gasteiger partial charge in [0.2, 0.25) is 0 Å². The molecule has 2 aromatic rings. The van der Waals surface area contributed by atoms with E-state index in [2.05, 4.69) is 10.6 Å². The monoisotopic (exact) mass is 222 g/mol. The summed E-state index contributed by atoms with van der Waals surface area (Å²) in [5, 5.41) is 4.49. The molecule has 0 fully saturated rings. The van der Waals surface area contributed by atoms with Crippen LogP contribution in [0.4, 0.5) is 0 Å². The Morgan fingerprint density at radius 1 is 0.812 bits per heavy atom. The summed E-state index contributed by atoms with van der Waals surface area (Å²) in [6.45, 7) is 4.01. The molecule has 0 aliphatic heterocycles. The number of rotatable bonds is 7. The van der Waals surface area contributed by atoms with E-state index in [9.17, 15) is 0 Å². The van der Waals surface area contributed by atoms with E-state index in [1.807, 2.05) is 24.3 Å². The lowest BCUT2D eigenvalue weighted by Crippen LogP contribution is -2.93. The molecular weight excluding hydrogens is 204 g/mol. The van der Waals surface area contributed by atoms with Crippen molar-refractivity contribution >= 4 is 0 Å². The second-order valence-electron chi connectivity index (χ2n) is 3.72. The van der Waals surface area contributed by atoms with Gasteiger partial charge in [-0.2, -0.15) is 0 Å². The highest BCUT2D eigenvalue weighted by molar-refractivity contribution is 4.96. The average Bonchev–Trinajstić information content (AvgIpc) is 2.96. The lowest BCUT2D eigenvalue weighted by molar-refractivity contribution is -0.739. The molecule has 0 saturated carbocycles. The molecule has 2 aromatic heterocycles. The topological polar surface area (TPSA) is 59.5 Å². The lowest BCUT2D eigenvalue weighted by Gasteiger charge is -1.99. The second-order valence-corrected chi connectivity index (χ2v) is 3.72. The van der Waals surface area contributed by atoms with E-state index in [4.69, 9.17) is 8.83 Å². The van der Waals surface area contributed by atoms with Gasteiger partial charge in [0.15, 0.2) is 11.5 Å². The fourth-order valence-electron chi connectivity index (χ4n) is 1.58. The van der Waals surface area contributed by atoms with Crippen LogP contribution in [0, 0.1) is 0 Å². The Morgan fingerprint density at radius 3 is 1.69 bits per heavy atom. The van der Waals surface area contributed by atoms with Crippen molar-refractivity contribution in [1.29, 1.82) is 0 Å². The van der Waals surface area contributed by atoms with Crippen molar-refractivity contribution < 1.29 is 19.5 Å². The summed E-state index contributed by atoms with van der Waals surface area (Å²) in [6.07, 6.45) is 3.43. The molecule has 0 unspecified atom stereocenters. The molecule has 0 radical (unpaired) electrons. The van der Waals surface area contributed by atoms with Crippen LogP contribution in [0.1, 0.15) is 11.5 Å². The number of quaternary nitrogens is 2. The first-order valence-electron chi connectivity index (χ1n) is 5.63. The van der Waals surface area contributed by atoms with Gasteiger partial charge in [-0.1, -0.05) is 0 Å². The first-order chi connectivity index (χ1) is 7.95. The number of hydrogen-bond acceptors (Lipinski definition) is 2. The zero-order chi connectivity index (χ0) is 11.1. The summed E-state index contributed by atoms with van der Waals surface area (Å²) in [5.74, 6) is 2.07. The van der Waals surface area contributed by atoms with Crippen LogP contribution in [0.15, 0.2) is 45.6 Å². The minimum absolute atomic E-state index is 0.918. The van der Waals surface area contributed by atoms with E-state index in [1.54, 1.807) is 12.5 Å². The molecule has 0 atom stereocenters. The summed E-state index contributed by atoms with van der Waals surface area (Å²) >= 11 is 0. The highest BCUT2D eigenvalue weighted by Gasteiger charge is 2.00. The molecule has 4 N–H and O–H groups in total. The number of nitrogens with two attached hydrogens (primary N) is 2. The van der Waals surface area contributed by atoms with E-state index in [0.29, 0.717) is 0 Å². The predicted molar refractivity (Wildman–Crippen MR) is 58.4 cm³/mol. The fourth-order valence-corrected chi connectivity index (χ4v) is 1.58. The van der Waals surface area contributed by atoms with E-state index in [1.165, 1.54) is 0 Å². The molecule has 4 nitrogen and oxygen atoms in total. The van der Waals surface area contributed by atoms with Crippen molar-refractivity contribution in [2.75, 3.05) is 13.1 Å². The molecule has 0 aliphatic carbocycles. The summed E-state index contributed by atoms with van der Waals surface area (Å²) in [5.41, 5.74) is 0. The van der Waals surface area contributed by atoms with Gasteiger partial charge >= 0.3 is 0 Å². The largest absolute Gasteiger partial charge is 0.463 e. The van der Waals surface area contributed by atoms with Crippen LogP contribution >= 0.6 is 0 Å². The van der Waals surface area contributed by atoms with Crippen molar-refractivity contribution in [3.63, 3.8) is 0 Å². The highest BCUT2D eigenvalue weighted by atomic mass is 16.3. The van der Waals surface area contributed by atoms with Gasteiger partial charge in [0, 0.05) is 0 Å². The molecule has 0 spiro atoms. The second kappa shape index (κ2) is 6.15. The van der Waals surface area contributed by atoms with Gasteiger partial charge < -0.3 is 19.5 Å². The van der Waals surface area contributed by atoms with Gasteiger partial charge in [0.1, 0.15) is 26.2 Å². The van der Waals surface area contributed by atoms with Gasteiger partial charge in [0.05, 0.1) is 12.5 Å². The third-order valence-electron chi connectivity index (χ3n) is 2.43. The Balaban J connectivity index is 1.49. The third-order valence-corrected chi connectivity index (χ3v) is 2.43. The van der Waals surface area contributed by atoms with Crippen LogP contribution in [0.25, 0.3) is 0 Å². The minimum atomic E-state index is 0.918. The fraction of sp³-hybridized carbons (Fsp3) is 0.333. The SMILES string of the molecule is c1coc(C[NH2+]CC[NH2+]Cc2ccco2)c1. The van der Waals surface area contributed by atoms with Crippen molar-refractivity contribution in [2.24, 2.45) is 0 Å². The Kier molecular flexibility index (Phi) is 4.22. The molecule has 2 rings (SSSR count). The van der Waals surface area contributed by atoms with Gasteiger partial charge in [-0.05, 0) is 24.3 Å². The van der Waals surface area contributed by atoms with Crippen LogP contribution in [-0.2, 0) is 13.1 Å². The Morgan fingerprint density at radius 2 is 1.31 bits per heavy atom. The van der Waals surface area contributed by atoms with E-state index < -0.39 is 0 Å². The Hall–Kier alpha value is -1.52. The van der Waals surface area contributed by atoms with E-state index >= 15 is 0 Å². The van der Waals surface area contributed by atoms with E-state index in [-0.39, 0.29) is 0 Å². The highest BCUT2D eigenvalue weighted by Crippen LogP contribution is 1.96. The summed E-state index contributed by atoms with van der Waals surface area (Å²) in [7, 11) is 0. The molecule has 0 saturated heterocycles. The maximum Gasteiger partial charge on any atom is 0.157 e. The molecule has 2 heterocycles. The molecule has 86 valence electrons. The molecule has 0 bridgehead atoms. The van der Waals surface area contributed by atoms with Gasteiger partial charge in [-0.25, -0.2) is 0 Å². The first-order valence-corrected chi connectivity index (χ1v) is 5.63. The van der Waals surface area contributed by atoms with Crippen LogP contribution in [0.5, 0.6) is 0 Å². The Bertz CT molecular complexity index is 329. The van der Waals surface area contributed by atoms with Gasteiger partial charge in [-0.15, -0.1) is 0 Å².